The molecule has 2 atom stereocenters. The van der Waals surface area contributed by atoms with Gasteiger partial charge >= 0.3 is 12.0 Å². The van der Waals surface area contributed by atoms with Crippen molar-refractivity contribution in [3.8, 4) is 5.75 Å². The summed E-state index contributed by atoms with van der Waals surface area (Å²) in [5, 5.41) is 15.6. The fourth-order valence-electron chi connectivity index (χ4n) is 3.78. The van der Waals surface area contributed by atoms with E-state index in [1.54, 1.807) is 4.90 Å². The largest absolute Gasteiger partial charge is 0.494 e. The van der Waals surface area contributed by atoms with Gasteiger partial charge in [-0.15, -0.1) is 12.4 Å². The standard InChI is InChI=1S/C25H39N3O8.ClH/c1-25(2)35-18-21(36-25)17-34-23(30)9-6-19-4-7-20(8-5-19)33-13-3-10-26-16-22(29)27-24(31)28-11-14-32-15-12-28;/h4-5,7-8,21-22,26,29H,3,6,9-18H2,1-2H3,(H,27,31);1H/t21-,22+;/m1./s1. The second-order valence-corrected chi connectivity index (χ2v) is 9.25. The molecule has 2 fully saturated rings. The van der Waals surface area contributed by atoms with Gasteiger partial charge in [0.1, 0.15) is 24.7 Å². The van der Waals surface area contributed by atoms with E-state index in [1.165, 1.54) is 0 Å². The van der Waals surface area contributed by atoms with Crippen molar-refractivity contribution in [3.05, 3.63) is 29.8 Å². The Labute approximate surface area is 224 Å². The molecule has 2 saturated heterocycles. The SMILES string of the molecule is CC1(C)OC[C@@H](COC(=O)CCc2ccc(OCCCNC[C@H](O)NC(=O)N3CCOCC3)cc2)O1.Cl. The highest BCUT2D eigenvalue weighted by atomic mass is 35.5. The minimum absolute atomic E-state index is 0. The Kier molecular flexibility index (Phi) is 13.4. The summed E-state index contributed by atoms with van der Waals surface area (Å²) in [6, 6.07) is 7.35. The van der Waals surface area contributed by atoms with Crippen molar-refractivity contribution in [3.63, 3.8) is 0 Å². The van der Waals surface area contributed by atoms with Crippen LogP contribution in [0.1, 0.15) is 32.3 Å². The number of nitrogens with zero attached hydrogens (tertiary/aromatic N) is 1. The number of carbonyl (C=O) groups excluding carboxylic acids is 2. The Balaban J connectivity index is 0.00000481. The molecule has 0 saturated carbocycles. The number of nitrogens with one attached hydrogen (secondary N) is 2. The van der Waals surface area contributed by atoms with E-state index in [0.717, 1.165) is 17.7 Å². The minimum Gasteiger partial charge on any atom is -0.494 e. The zero-order chi connectivity index (χ0) is 25.8. The molecular weight excluding hydrogens is 506 g/mol. The van der Waals surface area contributed by atoms with Gasteiger partial charge in [-0.1, -0.05) is 12.1 Å². The van der Waals surface area contributed by atoms with Crippen molar-refractivity contribution in [1.29, 1.82) is 0 Å². The first-order valence-electron chi connectivity index (χ1n) is 12.5. The Morgan fingerprint density at radius 3 is 2.62 bits per heavy atom. The number of aliphatic hydroxyl groups is 1. The molecule has 2 aliphatic heterocycles. The molecule has 12 heteroatoms. The number of aryl methyl sites for hydroxylation is 1. The van der Waals surface area contributed by atoms with Crippen LogP contribution in [0.15, 0.2) is 24.3 Å². The molecule has 2 heterocycles. The normalized spacial score (nSPS) is 19.5. The Bertz CT molecular complexity index is 821. The van der Waals surface area contributed by atoms with Gasteiger partial charge in [-0.2, -0.15) is 0 Å². The van der Waals surface area contributed by atoms with Gasteiger partial charge in [0, 0.05) is 26.1 Å². The molecule has 3 rings (SSSR count). The third kappa shape index (κ3) is 11.8. The lowest BCUT2D eigenvalue weighted by Gasteiger charge is -2.28. The van der Waals surface area contributed by atoms with E-state index in [4.69, 9.17) is 23.7 Å². The molecule has 0 spiro atoms. The monoisotopic (exact) mass is 545 g/mol. The number of ether oxygens (including phenoxy) is 5. The average Bonchev–Trinajstić information content (AvgIpc) is 3.23. The molecule has 0 radical (unpaired) electrons. The minimum atomic E-state index is -0.955. The summed E-state index contributed by atoms with van der Waals surface area (Å²) in [6.07, 6.45) is 0.442. The Morgan fingerprint density at radius 2 is 1.95 bits per heavy atom. The number of amides is 2. The maximum absolute atomic E-state index is 12.0. The fourth-order valence-corrected chi connectivity index (χ4v) is 3.78. The molecule has 3 N–H and O–H groups in total. The number of aliphatic hydroxyl groups excluding tert-OH is 1. The molecule has 0 aliphatic carbocycles. The molecule has 210 valence electrons. The second kappa shape index (κ2) is 16.0. The first-order chi connectivity index (χ1) is 17.3. The number of halogens is 1. The van der Waals surface area contributed by atoms with E-state index in [1.807, 2.05) is 38.1 Å². The molecule has 1 aromatic carbocycles. The van der Waals surface area contributed by atoms with E-state index in [-0.39, 0.29) is 43.7 Å². The van der Waals surface area contributed by atoms with Crippen LogP contribution in [-0.4, -0.2) is 99.3 Å². The van der Waals surface area contributed by atoms with Crippen molar-refractivity contribution in [2.24, 2.45) is 0 Å². The average molecular weight is 546 g/mol. The van der Waals surface area contributed by atoms with Crippen LogP contribution in [0.25, 0.3) is 0 Å². The predicted molar refractivity (Wildman–Crippen MR) is 138 cm³/mol. The first kappa shape index (κ1) is 31.1. The highest BCUT2D eigenvalue weighted by Crippen LogP contribution is 2.22. The molecular formula is C25H40ClN3O8. The number of benzene rings is 1. The van der Waals surface area contributed by atoms with Crippen molar-refractivity contribution in [1.82, 2.24) is 15.5 Å². The van der Waals surface area contributed by atoms with Crippen LogP contribution in [0.2, 0.25) is 0 Å². The van der Waals surface area contributed by atoms with Gasteiger partial charge in [0.25, 0.3) is 0 Å². The molecule has 0 unspecified atom stereocenters. The van der Waals surface area contributed by atoms with Crippen LogP contribution in [0.3, 0.4) is 0 Å². The number of urea groups is 1. The predicted octanol–water partition coefficient (Wildman–Crippen LogP) is 1.45. The van der Waals surface area contributed by atoms with Crippen molar-refractivity contribution in [2.45, 2.75) is 51.2 Å². The smallest absolute Gasteiger partial charge is 0.319 e. The molecule has 2 amide bonds. The number of morpholine rings is 1. The summed E-state index contributed by atoms with van der Waals surface area (Å²) >= 11 is 0. The van der Waals surface area contributed by atoms with Crippen LogP contribution in [-0.2, 0) is 30.2 Å². The van der Waals surface area contributed by atoms with Crippen LogP contribution < -0.4 is 15.4 Å². The summed E-state index contributed by atoms with van der Waals surface area (Å²) in [7, 11) is 0. The zero-order valence-corrected chi connectivity index (χ0v) is 22.4. The number of carbonyl (C=O) groups is 2. The van der Waals surface area contributed by atoms with Crippen LogP contribution in [0.5, 0.6) is 5.75 Å². The van der Waals surface area contributed by atoms with Gasteiger partial charge in [-0.05, 0) is 50.9 Å². The van der Waals surface area contributed by atoms with E-state index in [2.05, 4.69) is 10.6 Å². The van der Waals surface area contributed by atoms with E-state index in [0.29, 0.717) is 58.9 Å². The lowest BCUT2D eigenvalue weighted by molar-refractivity contribution is -0.158. The molecule has 0 aromatic heterocycles. The summed E-state index contributed by atoms with van der Waals surface area (Å²) in [4.78, 5) is 25.6. The summed E-state index contributed by atoms with van der Waals surface area (Å²) in [5.74, 6) is -0.135. The van der Waals surface area contributed by atoms with Gasteiger partial charge < -0.3 is 44.3 Å². The van der Waals surface area contributed by atoms with E-state index >= 15 is 0 Å². The van der Waals surface area contributed by atoms with Gasteiger partial charge in [0.15, 0.2) is 5.79 Å². The topological polar surface area (TPSA) is 128 Å². The first-order valence-corrected chi connectivity index (χ1v) is 12.5. The number of hydrogen-bond acceptors (Lipinski definition) is 9. The Morgan fingerprint density at radius 1 is 1.22 bits per heavy atom. The zero-order valence-electron chi connectivity index (χ0n) is 21.6. The van der Waals surface area contributed by atoms with Crippen LogP contribution in [0.4, 0.5) is 4.79 Å². The summed E-state index contributed by atoms with van der Waals surface area (Å²) < 4.78 is 27.3. The van der Waals surface area contributed by atoms with Crippen LogP contribution >= 0.6 is 12.4 Å². The highest BCUT2D eigenvalue weighted by Gasteiger charge is 2.33. The number of hydrogen-bond donors (Lipinski definition) is 3. The summed E-state index contributed by atoms with van der Waals surface area (Å²) in [5.41, 5.74) is 1.02. The Hall–Kier alpha value is -2.15. The van der Waals surface area contributed by atoms with Crippen LogP contribution in [0, 0.1) is 0 Å². The maximum atomic E-state index is 12.0. The van der Waals surface area contributed by atoms with E-state index < -0.39 is 12.0 Å². The fraction of sp³-hybridized carbons (Fsp3) is 0.680. The maximum Gasteiger partial charge on any atom is 0.319 e. The third-order valence-electron chi connectivity index (χ3n) is 5.73. The highest BCUT2D eigenvalue weighted by molar-refractivity contribution is 5.85. The van der Waals surface area contributed by atoms with Crippen molar-refractivity contribution >= 4 is 24.4 Å². The third-order valence-corrected chi connectivity index (χ3v) is 5.73. The van der Waals surface area contributed by atoms with Gasteiger partial charge in [0.2, 0.25) is 0 Å². The quantitative estimate of drug-likeness (QED) is 0.192. The molecule has 11 nitrogen and oxygen atoms in total. The molecule has 0 bridgehead atoms. The second-order valence-electron chi connectivity index (χ2n) is 9.25. The van der Waals surface area contributed by atoms with Gasteiger partial charge in [-0.3, -0.25) is 4.79 Å². The summed E-state index contributed by atoms with van der Waals surface area (Å²) in [6.45, 7) is 7.80. The molecule has 1 aromatic rings. The van der Waals surface area contributed by atoms with Crippen molar-refractivity contribution < 1.29 is 38.4 Å². The van der Waals surface area contributed by atoms with Gasteiger partial charge in [-0.25, -0.2) is 4.79 Å². The molecule has 2 aliphatic rings. The van der Waals surface area contributed by atoms with Crippen molar-refractivity contribution in [2.75, 3.05) is 59.2 Å². The number of rotatable bonds is 13. The van der Waals surface area contributed by atoms with Gasteiger partial charge in [0.05, 0.1) is 26.4 Å². The lowest BCUT2D eigenvalue weighted by Crippen LogP contribution is -2.51. The lowest BCUT2D eigenvalue weighted by atomic mass is 10.1. The van der Waals surface area contributed by atoms with E-state index in [9.17, 15) is 14.7 Å². The number of esters is 1. The molecule has 37 heavy (non-hydrogen) atoms.